The zero-order valence-electron chi connectivity index (χ0n) is 11.2. The number of aromatic nitrogens is 3. The van der Waals surface area contributed by atoms with Gasteiger partial charge in [-0.2, -0.15) is 10.1 Å². The van der Waals surface area contributed by atoms with Crippen molar-refractivity contribution in [1.29, 1.82) is 0 Å². The summed E-state index contributed by atoms with van der Waals surface area (Å²) in [6.45, 7) is 0.233. The number of furan rings is 1. The highest BCUT2D eigenvalue weighted by Crippen LogP contribution is 2.18. The number of halogens is 1. The molecule has 1 amide bonds. The van der Waals surface area contributed by atoms with Crippen molar-refractivity contribution in [2.45, 2.75) is 6.61 Å². The minimum absolute atomic E-state index is 0.172. The molecule has 3 rings (SSSR count). The van der Waals surface area contributed by atoms with E-state index in [9.17, 15) is 4.79 Å². The number of benzene rings is 1. The Hall–Kier alpha value is -2.61. The van der Waals surface area contributed by atoms with Gasteiger partial charge in [-0.3, -0.25) is 10.1 Å². The molecule has 112 valence electrons. The Labute approximate surface area is 133 Å². The molecule has 2 N–H and O–H groups in total. The lowest BCUT2D eigenvalue weighted by Gasteiger charge is -2.04. The highest BCUT2D eigenvalue weighted by Gasteiger charge is 2.13. The third-order valence-electron chi connectivity index (χ3n) is 2.73. The van der Waals surface area contributed by atoms with Crippen LogP contribution in [0, 0.1) is 0 Å². The smallest absolute Gasteiger partial charge is 0.293 e. The number of nitrogens with zero attached hydrogens (tertiary/aromatic N) is 2. The Bertz CT molecular complexity index is 753. The van der Waals surface area contributed by atoms with Crippen molar-refractivity contribution < 1.29 is 13.9 Å². The normalized spacial score (nSPS) is 10.4. The quantitative estimate of drug-likeness (QED) is 0.727. The molecular formula is C14H11BrN4O3. The van der Waals surface area contributed by atoms with Gasteiger partial charge in [-0.25, -0.2) is 5.10 Å². The molecule has 8 heteroatoms. The molecule has 0 fully saturated rings. The molecule has 0 saturated heterocycles. The summed E-state index contributed by atoms with van der Waals surface area (Å²) in [5.41, 5.74) is 0. The van der Waals surface area contributed by atoms with Crippen molar-refractivity contribution in [3.63, 3.8) is 0 Å². The van der Waals surface area contributed by atoms with Gasteiger partial charge in [-0.15, -0.1) is 0 Å². The van der Waals surface area contributed by atoms with Crippen LogP contribution in [0.5, 0.6) is 5.75 Å². The topological polar surface area (TPSA) is 93.0 Å². The Morgan fingerprint density at radius 1 is 1.27 bits per heavy atom. The molecule has 0 bridgehead atoms. The van der Waals surface area contributed by atoms with E-state index in [1.54, 1.807) is 12.1 Å². The first-order valence-corrected chi connectivity index (χ1v) is 7.14. The molecule has 0 radical (unpaired) electrons. The van der Waals surface area contributed by atoms with E-state index in [0.29, 0.717) is 11.5 Å². The molecule has 2 heterocycles. The number of nitrogens with one attached hydrogen (secondary N) is 2. The number of hydrogen-bond acceptors (Lipinski definition) is 5. The van der Waals surface area contributed by atoms with Gasteiger partial charge in [0, 0.05) is 4.47 Å². The van der Waals surface area contributed by atoms with Crippen LogP contribution >= 0.6 is 15.9 Å². The summed E-state index contributed by atoms with van der Waals surface area (Å²) >= 11 is 3.35. The van der Waals surface area contributed by atoms with E-state index >= 15 is 0 Å². The van der Waals surface area contributed by atoms with E-state index in [0.717, 1.165) is 4.47 Å². The molecule has 22 heavy (non-hydrogen) atoms. The molecule has 7 nitrogen and oxygen atoms in total. The molecule has 0 saturated carbocycles. The first-order chi connectivity index (χ1) is 10.7. The van der Waals surface area contributed by atoms with Gasteiger partial charge in [0.2, 0.25) is 5.95 Å². The van der Waals surface area contributed by atoms with Crippen molar-refractivity contribution in [2.75, 3.05) is 5.32 Å². The van der Waals surface area contributed by atoms with Gasteiger partial charge < -0.3 is 9.15 Å². The van der Waals surface area contributed by atoms with Crippen LogP contribution in [0.2, 0.25) is 0 Å². The van der Waals surface area contributed by atoms with E-state index in [1.807, 2.05) is 24.3 Å². The van der Waals surface area contributed by atoms with Gasteiger partial charge >= 0.3 is 0 Å². The monoisotopic (exact) mass is 362 g/mol. The summed E-state index contributed by atoms with van der Waals surface area (Å²) in [6, 6.07) is 10.7. The Kier molecular flexibility index (Phi) is 4.19. The molecule has 3 aromatic rings. The van der Waals surface area contributed by atoms with E-state index in [4.69, 9.17) is 9.15 Å². The van der Waals surface area contributed by atoms with E-state index < -0.39 is 5.91 Å². The van der Waals surface area contributed by atoms with Crippen LogP contribution in [0.1, 0.15) is 16.3 Å². The molecule has 0 aliphatic carbocycles. The van der Waals surface area contributed by atoms with Crippen LogP contribution in [-0.4, -0.2) is 21.1 Å². The van der Waals surface area contributed by atoms with Crippen LogP contribution in [0.3, 0.4) is 0 Å². The summed E-state index contributed by atoms with van der Waals surface area (Å²) in [4.78, 5) is 15.7. The number of amides is 1. The highest BCUT2D eigenvalue weighted by atomic mass is 79.9. The summed E-state index contributed by atoms with van der Waals surface area (Å²) in [6.07, 6.45) is 1.30. The summed E-state index contributed by atoms with van der Waals surface area (Å²) in [5, 5.41) is 8.69. The number of hydrogen-bond donors (Lipinski definition) is 2. The minimum Gasteiger partial charge on any atom is -0.486 e. The number of anilines is 1. The average Bonchev–Trinajstić information content (AvgIpc) is 3.18. The fourth-order valence-corrected chi connectivity index (χ4v) is 1.96. The SMILES string of the molecule is O=C(Nc1ncn[nH]1)c1ccc(COc2ccc(Br)cc2)o1. The molecule has 0 atom stereocenters. The third-order valence-corrected chi connectivity index (χ3v) is 3.26. The first kappa shape index (κ1) is 14.3. The van der Waals surface area contributed by atoms with E-state index in [-0.39, 0.29) is 18.3 Å². The van der Waals surface area contributed by atoms with Crippen LogP contribution in [-0.2, 0) is 6.61 Å². The van der Waals surface area contributed by atoms with Gasteiger partial charge in [0.15, 0.2) is 5.76 Å². The highest BCUT2D eigenvalue weighted by molar-refractivity contribution is 9.10. The number of rotatable bonds is 5. The van der Waals surface area contributed by atoms with Crippen molar-refractivity contribution in [2.24, 2.45) is 0 Å². The van der Waals surface area contributed by atoms with Gasteiger partial charge in [0.05, 0.1) is 0 Å². The number of carbonyl (C=O) groups is 1. The second-order valence-electron chi connectivity index (χ2n) is 4.30. The van der Waals surface area contributed by atoms with Crippen molar-refractivity contribution in [3.05, 3.63) is 58.7 Å². The van der Waals surface area contributed by atoms with Gasteiger partial charge in [-0.1, -0.05) is 15.9 Å². The Balaban J connectivity index is 1.58. The van der Waals surface area contributed by atoms with Gasteiger partial charge in [-0.05, 0) is 36.4 Å². The molecule has 1 aromatic carbocycles. The fourth-order valence-electron chi connectivity index (χ4n) is 1.70. The maximum Gasteiger partial charge on any atom is 0.293 e. The van der Waals surface area contributed by atoms with Gasteiger partial charge in [0.1, 0.15) is 24.4 Å². The Morgan fingerprint density at radius 2 is 2.09 bits per heavy atom. The largest absolute Gasteiger partial charge is 0.486 e. The van der Waals surface area contributed by atoms with Crippen LogP contribution in [0.25, 0.3) is 0 Å². The zero-order chi connectivity index (χ0) is 15.4. The van der Waals surface area contributed by atoms with Crippen molar-refractivity contribution >= 4 is 27.8 Å². The van der Waals surface area contributed by atoms with Crippen LogP contribution in [0.15, 0.2) is 51.6 Å². The molecule has 0 unspecified atom stereocenters. The zero-order valence-corrected chi connectivity index (χ0v) is 12.8. The molecular weight excluding hydrogens is 352 g/mol. The maximum atomic E-state index is 11.9. The van der Waals surface area contributed by atoms with Crippen molar-refractivity contribution in [3.8, 4) is 5.75 Å². The van der Waals surface area contributed by atoms with Crippen molar-refractivity contribution in [1.82, 2.24) is 15.2 Å². The standard InChI is InChI=1S/C14H11BrN4O3/c15-9-1-3-10(4-2-9)21-7-11-5-6-12(22-11)13(20)18-14-16-8-17-19-14/h1-6,8H,7H2,(H2,16,17,18,19,20). The lowest BCUT2D eigenvalue weighted by atomic mass is 10.3. The predicted molar refractivity (Wildman–Crippen MR) is 81.5 cm³/mol. The van der Waals surface area contributed by atoms with Crippen LogP contribution in [0.4, 0.5) is 5.95 Å². The number of aromatic amines is 1. The maximum absolute atomic E-state index is 11.9. The second kappa shape index (κ2) is 6.44. The average molecular weight is 363 g/mol. The fraction of sp³-hybridized carbons (Fsp3) is 0.0714. The lowest BCUT2D eigenvalue weighted by Crippen LogP contribution is -2.12. The predicted octanol–water partition coefficient (Wildman–Crippen LogP) is 2.99. The number of carbonyl (C=O) groups excluding carboxylic acids is 1. The lowest BCUT2D eigenvalue weighted by molar-refractivity contribution is 0.0992. The minimum atomic E-state index is -0.411. The summed E-state index contributed by atoms with van der Waals surface area (Å²) in [5.74, 6) is 1.28. The molecule has 0 aliphatic heterocycles. The molecule has 2 aromatic heterocycles. The van der Waals surface area contributed by atoms with Gasteiger partial charge in [0.25, 0.3) is 5.91 Å². The first-order valence-electron chi connectivity index (χ1n) is 6.34. The summed E-state index contributed by atoms with van der Waals surface area (Å²) in [7, 11) is 0. The number of H-pyrrole nitrogens is 1. The summed E-state index contributed by atoms with van der Waals surface area (Å²) < 4.78 is 12.0. The second-order valence-corrected chi connectivity index (χ2v) is 5.21. The Morgan fingerprint density at radius 3 is 2.82 bits per heavy atom. The third kappa shape index (κ3) is 3.53. The molecule has 0 aliphatic rings. The van der Waals surface area contributed by atoms with Crippen LogP contribution < -0.4 is 10.1 Å². The van der Waals surface area contributed by atoms with E-state index in [2.05, 4.69) is 36.4 Å². The van der Waals surface area contributed by atoms with E-state index in [1.165, 1.54) is 6.33 Å². The molecule has 0 spiro atoms. The number of ether oxygens (including phenoxy) is 1.